The van der Waals surface area contributed by atoms with Crippen LogP contribution in [0.5, 0.6) is 0 Å². The van der Waals surface area contributed by atoms with Gasteiger partial charge in [-0.1, -0.05) is 12.1 Å². The zero-order valence-corrected chi connectivity index (χ0v) is 15.7. The molecule has 26 heavy (non-hydrogen) atoms. The Labute approximate surface area is 154 Å². The van der Waals surface area contributed by atoms with Crippen LogP contribution < -0.4 is 10.6 Å². The van der Waals surface area contributed by atoms with Gasteiger partial charge in [0.2, 0.25) is 11.8 Å². The van der Waals surface area contributed by atoms with E-state index in [1.807, 2.05) is 6.92 Å². The highest BCUT2D eigenvalue weighted by atomic mass is 16.5. The smallest absolute Gasteiger partial charge is 0.242 e. The van der Waals surface area contributed by atoms with Gasteiger partial charge in [0.15, 0.2) is 5.82 Å². The lowest BCUT2D eigenvalue weighted by atomic mass is 10.1. The van der Waals surface area contributed by atoms with Crippen molar-refractivity contribution in [3.05, 3.63) is 11.8 Å². The quantitative estimate of drug-likeness (QED) is 0.811. The maximum atomic E-state index is 12.6. The summed E-state index contributed by atoms with van der Waals surface area (Å²) >= 11 is 0. The summed E-state index contributed by atoms with van der Waals surface area (Å²) in [4.78, 5) is 29.3. The second-order valence-corrected chi connectivity index (χ2v) is 7.11. The number of anilines is 1. The summed E-state index contributed by atoms with van der Waals surface area (Å²) in [7, 11) is 0. The molecule has 8 heteroatoms. The molecular weight excluding hydrogens is 334 g/mol. The predicted octanol–water partition coefficient (Wildman–Crippen LogP) is 0.986. The molecule has 144 valence electrons. The molecule has 1 aromatic rings. The first-order valence-electron chi connectivity index (χ1n) is 9.58. The highest BCUT2D eigenvalue weighted by molar-refractivity contribution is 5.94. The van der Waals surface area contributed by atoms with Crippen molar-refractivity contribution in [1.29, 1.82) is 0 Å². The van der Waals surface area contributed by atoms with Gasteiger partial charge in [-0.2, -0.15) is 0 Å². The molecule has 0 aromatic carbocycles. The van der Waals surface area contributed by atoms with Crippen LogP contribution in [-0.2, 0) is 9.59 Å². The van der Waals surface area contributed by atoms with E-state index in [1.165, 1.54) is 0 Å². The van der Waals surface area contributed by atoms with Gasteiger partial charge in [0, 0.05) is 38.8 Å². The first-order valence-corrected chi connectivity index (χ1v) is 9.58. The number of nitrogens with one attached hydrogen (secondary N) is 2. The highest BCUT2D eigenvalue weighted by Crippen LogP contribution is 2.18. The predicted molar refractivity (Wildman–Crippen MR) is 97.7 cm³/mol. The van der Waals surface area contributed by atoms with E-state index in [9.17, 15) is 9.59 Å². The van der Waals surface area contributed by atoms with Crippen molar-refractivity contribution in [2.45, 2.75) is 51.6 Å². The summed E-state index contributed by atoms with van der Waals surface area (Å²) in [5.74, 6) is 1.23. The van der Waals surface area contributed by atoms with Crippen molar-refractivity contribution in [2.75, 3.05) is 38.0 Å². The van der Waals surface area contributed by atoms with E-state index >= 15 is 0 Å². The number of carbonyl (C=O) groups is 2. The van der Waals surface area contributed by atoms with Gasteiger partial charge in [-0.15, -0.1) is 0 Å². The topological polar surface area (TPSA) is 90.7 Å². The molecule has 2 fully saturated rings. The third-order valence-electron chi connectivity index (χ3n) is 5.31. The lowest BCUT2D eigenvalue weighted by Gasteiger charge is -2.40. The van der Waals surface area contributed by atoms with E-state index in [1.54, 1.807) is 13.0 Å². The molecule has 2 aliphatic rings. The van der Waals surface area contributed by atoms with Gasteiger partial charge in [-0.05, 0) is 32.6 Å². The fourth-order valence-corrected chi connectivity index (χ4v) is 3.88. The Morgan fingerprint density at radius 3 is 2.81 bits per heavy atom. The Morgan fingerprint density at radius 2 is 2.15 bits per heavy atom. The minimum atomic E-state index is -0.197. The van der Waals surface area contributed by atoms with Crippen molar-refractivity contribution in [1.82, 2.24) is 20.3 Å². The molecule has 0 aliphatic carbocycles. The number of rotatable bonds is 5. The molecule has 2 amide bonds. The Kier molecular flexibility index (Phi) is 6.26. The molecule has 0 spiro atoms. The average molecular weight is 363 g/mol. The molecule has 3 rings (SSSR count). The SMILES string of the molecule is CC[C@@H](C(=O)Nc1cc(C)on1)N1CCN([C@@H]2CCCCNC2=O)CC1. The second kappa shape index (κ2) is 8.64. The number of aryl methyl sites for hydroxylation is 1. The van der Waals surface area contributed by atoms with Crippen LogP contribution in [0.15, 0.2) is 10.6 Å². The minimum Gasteiger partial charge on any atom is -0.360 e. The largest absolute Gasteiger partial charge is 0.360 e. The number of carbonyl (C=O) groups excluding carboxylic acids is 2. The maximum Gasteiger partial charge on any atom is 0.242 e. The zero-order valence-electron chi connectivity index (χ0n) is 15.7. The lowest BCUT2D eigenvalue weighted by Crippen LogP contribution is -2.57. The summed E-state index contributed by atoms with van der Waals surface area (Å²) in [5.41, 5.74) is 0. The van der Waals surface area contributed by atoms with E-state index in [2.05, 4.69) is 25.6 Å². The Hall–Kier alpha value is -1.93. The molecule has 8 nitrogen and oxygen atoms in total. The van der Waals surface area contributed by atoms with Gasteiger partial charge in [0.25, 0.3) is 0 Å². The number of amides is 2. The van der Waals surface area contributed by atoms with Crippen LogP contribution in [0.4, 0.5) is 5.82 Å². The van der Waals surface area contributed by atoms with E-state index in [0.717, 1.165) is 58.4 Å². The molecule has 3 heterocycles. The first kappa shape index (κ1) is 18.8. The molecule has 0 radical (unpaired) electrons. The Morgan fingerprint density at radius 1 is 1.38 bits per heavy atom. The van der Waals surface area contributed by atoms with Crippen LogP contribution in [0.3, 0.4) is 0 Å². The summed E-state index contributed by atoms with van der Waals surface area (Å²) < 4.78 is 5.00. The molecule has 0 saturated carbocycles. The second-order valence-electron chi connectivity index (χ2n) is 7.11. The van der Waals surface area contributed by atoms with Crippen LogP contribution >= 0.6 is 0 Å². The molecule has 0 bridgehead atoms. The van der Waals surface area contributed by atoms with Crippen molar-refractivity contribution < 1.29 is 14.1 Å². The molecule has 2 N–H and O–H groups in total. The molecule has 2 saturated heterocycles. The number of hydrogen-bond donors (Lipinski definition) is 2. The average Bonchev–Trinajstić information content (AvgIpc) is 2.91. The standard InChI is InChI=1S/C18H29N5O3/c1-3-14(18(25)20-16-12-13(2)26-21-16)22-8-10-23(11-9-22)15-6-4-5-7-19-17(15)24/h12,14-15H,3-11H2,1-2H3,(H,19,24)(H,20,21,25)/t14-,15+/m0/s1. The molecule has 0 unspecified atom stereocenters. The van der Waals surface area contributed by atoms with Crippen LogP contribution in [-0.4, -0.2) is 71.6 Å². The normalized spacial score (nSPS) is 23.9. The van der Waals surface area contributed by atoms with Crippen LogP contribution in [0.1, 0.15) is 38.4 Å². The van der Waals surface area contributed by atoms with Gasteiger partial charge in [-0.3, -0.25) is 19.4 Å². The summed E-state index contributed by atoms with van der Waals surface area (Å²) in [5, 5.41) is 9.68. The van der Waals surface area contributed by atoms with Gasteiger partial charge >= 0.3 is 0 Å². The maximum absolute atomic E-state index is 12.6. The molecule has 1 aromatic heterocycles. The lowest BCUT2D eigenvalue weighted by molar-refractivity contribution is -0.128. The van der Waals surface area contributed by atoms with Crippen LogP contribution in [0, 0.1) is 6.92 Å². The Balaban J connectivity index is 1.55. The number of aromatic nitrogens is 1. The first-order chi connectivity index (χ1) is 12.6. The summed E-state index contributed by atoms with van der Waals surface area (Å²) in [6, 6.07) is 1.50. The van der Waals surface area contributed by atoms with Gasteiger partial charge in [0.05, 0.1) is 12.1 Å². The molecular formula is C18H29N5O3. The monoisotopic (exact) mass is 363 g/mol. The van der Waals surface area contributed by atoms with E-state index in [-0.39, 0.29) is 23.9 Å². The number of nitrogens with zero attached hydrogens (tertiary/aromatic N) is 3. The van der Waals surface area contributed by atoms with Gasteiger partial charge in [0.1, 0.15) is 5.76 Å². The zero-order chi connectivity index (χ0) is 18.5. The van der Waals surface area contributed by atoms with Gasteiger partial charge < -0.3 is 15.2 Å². The summed E-state index contributed by atoms with van der Waals surface area (Å²) in [6.07, 6.45) is 3.80. The summed E-state index contributed by atoms with van der Waals surface area (Å²) in [6.45, 7) is 7.79. The van der Waals surface area contributed by atoms with Crippen molar-refractivity contribution in [3.63, 3.8) is 0 Å². The van der Waals surface area contributed by atoms with E-state index in [0.29, 0.717) is 11.6 Å². The van der Waals surface area contributed by atoms with E-state index < -0.39 is 0 Å². The highest BCUT2D eigenvalue weighted by Gasteiger charge is 2.33. The Bertz CT molecular complexity index is 624. The fraction of sp³-hybridized carbons (Fsp3) is 0.722. The van der Waals surface area contributed by atoms with Crippen LogP contribution in [0.25, 0.3) is 0 Å². The number of hydrogen-bond acceptors (Lipinski definition) is 6. The molecule has 2 atom stereocenters. The van der Waals surface area contributed by atoms with Crippen LogP contribution in [0.2, 0.25) is 0 Å². The third kappa shape index (κ3) is 4.42. The van der Waals surface area contributed by atoms with Crippen molar-refractivity contribution in [2.24, 2.45) is 0 Å². The van der Waals surface area contributed by atoms with Crippen molar-refractivity contribution >= 4 is 17.6 Å². The number of piperazine rings is 1. The van der Waals surface area contributed by atoms with E-state index in [4.69, 9.17) is 4.52 Å². The van der Waals surface area contributed by atoms with Gasteiger partial charge in [-0.25, -0.2) is 0 Å². The fourth-order valence-electron chi connectivity index (χ4n) is 3.88. The third-order valence-corrected chi connectivity index (χ3v) is 5.31. The minimum absolute atomic E-state index is 0.0216. The molecule has 2 aliphatic heterocycles. The van der Waals surface area contributed by atoms with Crippen molar-refractivity contribution in [3.8, 4) is 0 Å².